The van der Waals surface area contributed by atoms with Crippen LogP contribution in [-0.4, -0.2) is 48.4 Å². The van der Waals surface area contributed by atoms with Crippen molar-refractivity contribution in [1.82, 2.24) is 10.2 Å². The van der Waals surface area contributed by atoms with Gasteiger partial charge in [0, 0.05) is 6.54 Å². The second-order valence-electron chi connectivity index (χ2n) is 8.19. The topological polar surface area (TPSA) is 87.7 Å². The molecule has 34 heavy (non-hydrogen) atoms. The van der Waals surface area contributed by atoms with Crippen LogP contribution in [0.1, 0.15) is 37.6 Å². The summed E-state index contributed by atoms with van der Waals surface area (Å²) in [5.74, 6) is 0.0527. The highest BCUT2D eigenvalue weighted by Gasteiger charge is 2.45. The fourth-order valence-corrected chi connectivity index (χ4v) is 4.99. The molecule has 0 saturated carbocycles. The Morgan fingerprint density at radius 2 is 1.88 bits per heavy atom. The van der Waals surface area contributed by atoms with Gasteiger partial charge in [0.05, 0.1) is 29.3 Å². The number of methoxy groups -OCH3 is 1. The van der Waals surface area contributed by atoms with Gasteiger partial charge in [-0.1, -0.05) is 36.4 Å². The van der Waals surface area contributed by atoms with Gasteiger partial charge in [0.1, 0.15) is 11.8 Å². The van der Waals surface area contributed by atoms with Crippen LogP contribution >= 0.6 is 11.3 Å². The highest BCUT2D eigenvalue weighted by atomic mass is 32.1. The molecule has 2 aromatic carbocycles. The predicted molar refractivity (Wildman–Crippen MR) is 132 cm³/mol. The number of carbonyl (C=O) groups excluding carboxylic acids is 3. The van der Waals surface area contributed by atoms with Crippen molar-refractivity contribution in [2.75, 3.05) is 19.0 Å². The maximum atomic E-state index is 13.4. The summed E-state index contributed by atoms with van der Waals surface area (Å²) in [7, 11) is 1.63. The Kier molecular flexibility index (Phi) is 5.90. The minimum atomic E-state index is -0.748. The molecule has 3 heterocycles. The van der Waals surface area contributed by atoms with E-state index < -0.39 is 12.1 Å². The Labute approximate surface area is 201 Å². The molecule has 1 aromatic heterocycles. The van der Waals surface area contributed by atoms with E-state index in [1.807, 2.05) is 47.9 Å². The molecular weight excluding hydrogens is 450 g/mol. The third-order valence-electron chi connectivity index (χ3n) is 6.10. The minimum absolute atomic E-state index is 0.217. The van der Waals surface area contributed by atoms with E-state index in [-0.39, 0.29) is 17.7 Å². The summed E-state index contributed by atoms with van der Waals surface area (Å²) < 4.78 is 5.18. The molecule has 0 bridgehead atoms. The Hall–Kier alpha value is -3.91. The van der Waals surface area contributed by atoms with Crippen LogP contribution in [0.4, 0.5) is 5.69 Å². The number of hydrogen-bond donors (Lipinski definition) is 2. The van der Waals surface area contributed by atoms with Crippen molar-refractivity contribution in [3.05, 3.63) is 81.5 Å². The van der Waals surface area contributed by atoms with Crippen molar-refractivity contribution in [3.8, 4) is 5.75 Å². The molecule has 0 radical (unpaired) electrons. The van der Waals surface area contributed by atoms with Crippen molar-refractivity contribution in [3.63, 3.8) is 0 Å². The van der Waals surface area contributed by atoms with Crippen LogP contribution < -0.4 is 15.4 Å². The SMILES string of the molecule is COc1ccc(C=Cc2ccc3c(c2)C(=O)N2CC[C@H](NC(=O)c4cccs4)[C@H]2C(=O)N3)cc1. The first-order valence-electron chi connectivity index (χ1n) is 11.0. The van der Waals surface area contributed by atoms with E-state index in [0.29, 0.717) is 29.1 Å². The first-order valence-corrected chi connectivity index (χ1v) is 11.8. The van der Waals surface area contributed by atoms with Crippen LogP contribution in [0, 0.1) is 0 Å². The highest BCUT2D eigenvalue weighted by molar-refractivity contribution is 7.12. The molecule has 172 valence electrons. The van der Waals surface area contributed by atoms with E-state index in [9.17, 15) is 14.4 Å². The molecule has 2 aliphatic heterocycles. The van der Waals surface area contributed by atoms with Crippen molar-refractivity contribution in [1.29, 1.82) is 0 Å². The number of hydrogen-bond acceptors (Lipinski definition) is 5. The van der Waals surface area contributed by atoms with Crippen LogP contribution in [-0.2, 0) is 4.79 Å². The maximum Gasteiger partial charge on any atom is 0.261 e. The molecule has 7 nitrogen and oxygen atoms in total. The second-order valence-corrected chi connectivity index (χ2v) is 9.14. The minimum Gasteiger partial charge on any atom is -0.497 e. The number of benzene rings is 2. The van der Waals surface area contributed by atoms with Crippen molar-refractivity contribution in [2.24, 2.45) is 0 Å². The molecule has 0 spiro atoms. The van der Waals surface area contributed by atoms with Crippen LogP contribution in [0.15, 0.2) is 60.0 Å². The summed E-state index contributed by atoms with van der Waals surface area (Å²) in [5, 5.41) is 7.66. The highest BCUT2D eigenvalue weighted by Crippen LogP contribution is 2.30. The standard InChI is InChI=1S/C26H23N3O4S/c1-33-18-9-6-16(7-10-18)4-5-17-8-11-20-19(15-17)26(32)29-13-12-21(23(29)25(31)27-20)28-24(30)22-3-2-14-34-22/h2-11,14-15,21,23H,12-13H2,1H3,(H,27,31)(H,28,30)/t21-,23-/m0/s1. The van der Waals surface area contributed by atoms with E-state index in [2.05, 4.69) is 10.6 Å². The van der Waals surface area contributed by atoms with Crippen LogP contribution in [0.5, 0.6) is 5.75 Å². The van der Waals surface area contributed by atoms with Gasteiger partial charge in [0.15, 0.2) is 0 Å². The third kappa shape index (κ3) is 4.20. The first-order chi connectivity index (χ1) is 16.5. The Morgan fingerprint density at radius 1 is 1.12 bits per heavy atom. The summed E-state index contributed by atoms with van der Waals surface area (Å²) in [6.07, 6.45) is 4.40. The Bertz CT molecular complexity index is 1270. The zero-order chi connectivity index (χ0) is 23.7. The molecule has 8 heteroatoms. The quantitative estimate of drug-likeness (QED) is 0.551. The first kappa shape index (κ1) is 21.9. The number of fused-ring (bicyclic) bond motifs is 2. The van der Waals surface area contributed by atoms with Crippen LogP contribution in [0.25, 0.3) is 12.2 Å². The molecule has 2 atom stereocenters. The molecular formula is C26H23N3O4S. The van der Waals surface area contributed by atoms with Crippen molar-refractivity contribution >= 4 is 46.9 Å². The van der Waals surface area contributed by atoms with E-state index in [4.69, 9.17) is 4.74 Å². The lowest BCUT2D eigenvalue weighted by Crippen LogP contribution is -2.51. The summed E-state index contributed by atoms with van der Waals surface area (Å²) >= 11 is 1.34. The van der Waals surface area contributed by atoms with Crippen LogP contribution in [0.2, 0.25) is 0 Å². The monoisotopic (exact) mass is 473 g/mol. The summed E-state index contributed by atoms with van der Waals surface area (Å²) in [6.45, 7) is 0.400. The van der Waals surface area contributed by atoms with Gasteiger partial charge in [-0.25, -0.2) is 0 Å². The smallest absolute Gasteiger partial charge is 0.261 e. The van der Waals surface area contributed by atoms with Gasteiger partial charge in [-0.3, -0.25) is 14.4 Å². The van der Waals surface area contributed by atoms with Gasteiger partial charge >= 0.3 is 0 Å². The molecule has 3 aromatic rings. The predicted octanol–water partition coefficient (Wildman–Crippen LogP) is 3.89. The number of anilines is 1. The van der Waals surface area contributed by atoms with Gasteiger partial charge in [-0.2, -0.15) is 0 Å². The molecule has 1 fully saturated rings. The molecule has 0 unspecified atom stereocenters. The van der Waals surface area contributed by atoms with Gasteiger partial charge in [0.2, 0.25) is 5.91 Å². The van der Waals surface area contributed by atoms with E-state index in [1.165, 1.54) is 11.3 Å². The lowest BCUT2D eigenvalue weighted by molar-refractivity contribution is -0.120. The zero-order valence-corrected chi connectivity index (χ0v) is 19.3. The number of thiophene rings is 1. The third-order valence-corrected chi connectivity index (χ3v) is 6.97. The number of nitrogens with one attached hydrogen (secondary N) is 2. The van der Waals surface area contributed by atoms with Gasteiger partial charge < -0.3 is 20.3 Å². The Morgan fingerprint density at radius 3 is 2.62 bits per heavy atom. The number of amides is 3. The normalized spacial score (nSPS) is 19.4. The van der Waals surface area contributed by atoms with E-state index in [0.717, 1.165) is 16.9 Å². The fourth-order valence-electron chi connectivity index (χ4n) is 4.36. The molecule has 3 amide bonds. The van der Waals surface area contributed by atoms with E-state index >= 15 is 0 Å². The zero-order valence-electron chi connectivity index (χ0n) is 18.5. The second kappa shape index (κ2) is 9.15. The molecule has 5 rings (SSSR count). The molecule has 1 saturated heterocycles. The van der Waals surface area contributed by atoms with Gasteiger partial charge in [-0.15, -0.1) is 11.3 Å². The van der Waals surface area contributed by atoms with Gasteiger partial charge in [-0.05, 0) is 53.3 Å². The average Bonchev–Trinajstić information content (AvgIpc) is 3.52. The van der Waals surface area contributed by atoms with Crippen molar-refractivity contribution < 1.29 is 19.1 Å². The lowest BCUT2D eigenvalue weighted by atomic mass is 10.1. The largest absolute Gasteiger partial charge is 0.497 e. The molecule has 2 aliphatic rings. The van der Waals surface area contributed by atoms with E-state index in [1.54, 1.807) is 36.3 Å². The number of rotatable bonds is 5. The van der Waals surface area contributed by atoms with Gasteiger partial charge in [0.25, 0.3) is 11.8 Å². The molecule has 0 aliphatic carbocycles. The van der Waals surface area contributed by atoms with Crippen molar-refractivity contribution in [2.45, 2.75) is 18.5 Å². The Balaban J connectivity index is 1.36. The van der Waals surface area contributed by atoms with Crippen LogP contribution in [0.3, 0.4) is 0 Å². The average molecular weight is 474 g/mol. The maximum absolute atomic E-state index is 13.4. The fraction of sp³-hybridized carbons (Fsp3) is 0.192. The number of nitrogens with zero attached hydrogens (tertiary/aromatic N) is 1. The summed E-state index contributed by atoms with van der Waals surface area (Å²) in [4.78, 5) is 41.2. The number of carbonyl (C=O) groups is 3. The summed E-state index contributed by atoms with van der Waals surface area (Å²) in [6, 6.07) is 15.4. The molecule has 2 N–H and O–H groups in total. The summed E-state index contributed by atoms with van der Waals surface area (Å²) in [5.41, 5.74) is 2.77. The number of ether oxygens (including phenoxy) is 1. The lowest BCUT2D eigenvalue weighted by Gasteiger charge is -2.24.